The summed E-state index contributed by atoms with van der Waals surface area (Å²) in [7, 11) is 1.65. The number of aryl methyl sites for hydroxylation is 1. The maximum Gasteiger partial charge on any atom is 0.419 e. The second kappa shape index (κ2) is 9.37. The van der Waals surface area contributed by atoms with Crippen molar-refractivity contribution in [3.8, 4) is 11.1 Å². The van der Waals surface area contributed by atoms with Crippen LogP contribution in [0.25, 0.3) is 22.2 Å². The normalized spacial score (nSPS) is 17.6. The van der Waals surface area contributed by atoms with Crippen molar-refractivity contribution in [1.82, 2.24) is 15.2 Å². The summed E-state index contributed by atoms with van der Waals surface area (Å²) >= 11 is 0. The Morgan fingerprint density at radius 1 is 1.22 bits per heavy atom. The quantitative estimate of drug-likeness (QED) is 0.529. The molecule has 32 heavy (non-hydrogen) atoms. The Bertz CT molecular complexity index is 1170. The number of carboxylic acids is 1. The molecule has 168 valence electrons. The average Bonchev–Trinajstić information content (AvgIpc) is 2.96. The van der Waals surface area contributed by atoms with Crippen LogP contribution in [0.2, 0.25) is 0 Å². The number of carboxylic acid groups (broad SMARTS) is 1. The van der Waals surface area contributed by atoms with Gasteiger partial charge in [-0.25, -0.2) is 9.59 Å². The van der Waals surface area contributed by atoms with Gasteiger partial charge in [-0.05, 0) is 41.8 Å². The first-order valence-corrected chi connectivity index (χ1v) is 10.5. The summed E-state index contributed by atoms with van der Waals surface area (Å²) in [6, 6.07) is 11.9. The van der Waals surface area contributed by atoms with Gasteiger partial charge in [-0.15, -0.1) is 0 Å². The molecule has 1 saturated heterocycles. The Kier molecular flexibility index (Phi) is 6.38. The Morgan fingerprint density at radius 2 is 1.97 bits per heavy atom. The van der Waals surface area contributed by atoms with Crippen molar-refractivity contribution in [1.29, 1.82) is 0 Å². The molecule has 0 spiro atoms. The van der Waals surface area contributed by atoms with Gasteiger partial charge >= 0.3 is 11.7 Å². The zero-order valence-electron chi connectivity index (χ0n) is 17.7. The lowest BCUT2D eigenvalue weighted by atomic mass is 10.00. The van der Waals surface area contributed by atoms with Crippen LogP contribution < -0.4 is 16.4 Å². The fourth-order valence-electron chi connectivity index (χ4n) is 3.72. The zero-order valence-corrected chi connectivity index (χ0v) is 17.7. The van der Waals surface area contributed by atoms with Crippen molar-refractivity contribution >= 4 is 23.0 Å². The fraction of sp³-hybridized carbons (Fsp3) is 0.348. The smallest absolute Gasteiger partial charge is 0.419 e. The number of ether oxygens (including phenoxy) is 1. The molecule has 3 aromatic rings. The summed E-state index contributed by atoms with van der Waals surface area (Å²) in [6.07, 6.45) is 0.259. The SMILES string of the molecule is Cn1c(=O)oc2ccc(-c3ccc(C[C@H](NC(=O)C4CNCCCO4)C(=O)O)cc3)cc21. The first-order valence-electron chi connectivity index (χ1n) is 10.5. The lowest BCUT2D eigenvalue weighted by Crippen LogP contribution is -2.49. The second-order valence-corrected chi connectivity index (χ2v) is 7.83. The minimum atomic E-state index is -1.10. The number of carbonyl (C=O) groups excluding carboxylic acids is 1. The molecule has 2 heterocycles. The number of aromatic nitrogens is 1. The van der Waals surface area contributed by atoms with Crippen molar-refractivity contribution in [2.24, 2.45) is 7.05 Å². The average molecular weight is 439 g/mol. The Morgan fingerprint density at radius 3 is 2.72 bits per heavy atom. The highest BCUT2D eigenvalue weighted by Crippen LogP contribution is 2.24. The van der Waals surface area contributed by atoms with Crippen LogP contribution in [0.1, 0.15) is 12.0 Å². The van der Waals surface area contributed by atoms with E-state index in [-0.39, 0.29) is 6.42 Å². The minimum Gasteiger partial charge on any atom is -0.480 e. The van der Waals surface area contributed by atoms with E-state index in [1.807, 2.05) is 36.4 Å². The molecular weight excluding hydrogens is 414 g/mol. The monoisotopic (exact) mass is 439 g/mol. The van der Waals surface area contributed by atoms with E-state index >= 15 is 0 Å². The number of fused-ring (bicyclic) bond motifs is 1. The highest BCUT2D eigenvalue weighted by molar-refractivity contribution is 5.86. The number of nitrogens with zero attached hydrogens (tertiary/aromatic N) is 1. The third-order valence-electron chi connectivity index (χ3n) is 5.57. The summed E-state index contributed by atoms with van der Waals surface area (Å²) in [5.41, 5.74) is 3.81. The van der Waals surface area contributed by atoms with E-state index in [9.17, 15) is 19.5 Å². The summed E-state index contributed by atoms with van der Waals surface area (Å²) in [5.74, 6) is -1.95. The molecule has 2 atom stereocenters. The number of rotatable bonds is 6. The minimum absolute atomic E-state index is 0.150. The number of benzene rings is 2. The van der Waals surface area contributed by atoms with Crippen molar-refractivity contribution < 1.29 is 23.8 Å². The molecule has 0 radical (unpaired) electrons. The van der Waals surface area contributed by atoms with Crippen LogP contribution in [0.15, 0.2) is 51.7 Å². The van der Waals surface area contributed by atoms with Gasteiger partial charge in [0.05, 0.1) is 5.52 Å². The molecular formula is C23H25N3O6. The highest BCUT2D eigenvalue weighted by atomic mass is 16.5. The molecule has 1 aliphatic heterocycles. The predicted octanol–water partition coefficient (Wildman–Crippen LogP) is 1.29. The van der Waals surface area contributed by atoms with Crippen LogP contribution in [-0.2, 0) is 27.8 Å². The van der Waals surface area contributed by atoms with Crippen LogP contribution in [0.3, 0.4) is 0 Å². The zero-order chi connectivity index (χ0) is 22.7. The van der Waals surface area contributed by atoms with Crippen molar-refractivity contribution in [3.05, 3.63) is 58.6 Å². The molecule has 0 aliphatic carbocycles. The molecule has 4 rings (SSSR count). The second-order valence-electron chi connectivity index (χ2n) is 7.83. The number of amides is 1. The van der Waals surface area contributed by atoms with Crippen molar-refractivity contribution in [2.75, 3.05) is 19.7 Å². The maximum absolute atomic E-state index is 12.5. The van der Waals surface area contributed by atoms with E-state index < -0.39 is 29.8 Å². The lowest BCUT2D eigenvalue weighted by Gasteiger charge is -2.19. The Balaban J connectivity index is 1.46. The lowest BCUT2D eigenvalue weighted by molar-refractivity contribution is -0.144. The van der Waals surface area contributed by atoms with Crippen molar-refractivity contribution in [2.45, 2.75) is 25.0 Å². The molecule has 0 bridgehead atoms. The largest absolute Gasteiger partial charge is 0.480 e. The van der Waals surface area contributed by atoms with Gasteiger partial charge in [-0.1, -0.05) is 30.3 Å². The number of carbonyl (C=O) groups is 2. The predicted molar refractivity (Wildman–Crippen MR) is 117 cm³/mol. The standard InChI is InChI=1S/C23H25N3O6/c1-26-18-12-16(7-8-19(18)32-23(26)30)15-5-3-14(4-6-15)11-17(22(28)29)25-21(27)20-13-24-9-2-10-31-20/h3-8,12,17,20,24H,2,9-11,13H2,1H3,(H,25,27)(H,28,29)/t17-,20?/m0/s1. The van der Waals surface area contributed by atoms with Crippen LogP contribution in [-0.4, -0.2) is 53.4 Å². The number of oxazole rings is 1. The molecule has 9 nitrogen and oxygen atoms in total. The molecule has 9 heteroatoms. The van der Waals surface area contributed by atoms with Crippen LogP contribution in [0.5, 0.6) is 0 Å². The van der Waals surface area contributed by atoms with Gasteiger partial charge in [-0.3, -0.25) is 9.36 Å². The van der Waals surface area contributed by atoms with Gasteiger partial charge in [0.1, 0.15) is 12.1 Å². The molecule has 1 amide bonds. The molecule has 1 unspecified atom stereocenters. The van der Waals surface area contributed by atoms with Gasteiger partial charge in [0.2, 0.25) is 0 Å². The van der Waals surface area contributed by atoms with Crippen LogP contribution in [0, 0.1) is 0 Å². The molecule has 1 aromatic heterocycles. The summed E-state index contributed by atoms with van der Waals surface area (Å²) in [5, 5.41) is 15.3. The summed E-state index contributed by atoms with van der Waals surface area (Å²) < 4.78 is 12.1. The molecule has 1 fully saturated rings. The summed E-state index contributed by atoms with van der Waals surface area (Å²) in [6.45, 7) is 1.59. The van der Waals surface area contributed by atoms with Crippen molar-refractivity contribution in [3.63, 3.8) is 0 Å². The topological polar surface area (TPSA) is 123 Å². The van der Waals surface area contributed by atoms with Crippen LogP contribution in [0.4, 0.5) is 0 Å². The molecule has 1 aliphatic rings. The van der Waals surface area contributed by atoms with E-state index in [0.717, 1.165) is 29.7 Å². The molecule has 2 aromatic carbocycles. The van der Waals surface area contributed by atoms with E-state index in [4.69, 9.17) is 9.15 Å². The van der Waals surface area contributed by atoms with E-state index in [1.54, 1.807) is 13.1 Å². The first kappa shape index (κ1) is 21.8. The van der Waals surface area contributed by atoms with E-state index in [2.05, 4.69) is 10.6 Å². The maximum atomic E-state index is 12.5. The van der Waals surface area contributed by atoms with E-state index in [1.165, 1.54) is 4.57 Å². The van der Waals surface area contributed by atoms with Gasteiger partial charge < -0.3 is 24.9 Å². The number of hydrogen-bond acceptors (Lipinski definition) is 6. The number of nitrogens with one attached hydrogen (secondary N) is 2. The van der Waals surface area contributed by atoms with Gasteiger partial charge in [-0.2, -0.15) is 0 Å². The molecule has 0 saturated carbocycles. The summed E-state index contributed by atoms with van der Waals surface area (Å²) in [4.78, 5) is 35.9. The van der Waals surface area contributed by atoms with Gasteiger partial charge in [0, 0.05) is 26.6 Å². The third-order valence-corrected chi connectivity index (χ3v) is 5.57. The number of aliphatic carboxylic acids is 1. The molecule has 3 N–H and O–H groups in total. The van der Waals surface area contributed by atoms with E-state index in [0.29, 0.717) is 24.3 Å². The Hall–Kier alpha value is -3.43. The van der Waals surface area contributed by atoms with Gasteiger partial charge in [0.15, 0.2) is 5.58 Å². The Labute approximate surface area is 184 Å². The highest BCUT2D eigenvalue weighted by Gasteiger charge is 2.26. The third kappa shape index (κ3) is 4.74. The first-order chi connectivity index (χ1) is 15.4. The fourth-order valence-corrected chi connectivity index (χ4v) is 3.72. The number of hydrogen-bond donors (Lipinski definition) is 3. The van der Waals surface area contributed by atoms with Crippen LogP contribution >= 0.6 is 0 Å². The van der Waals surface area contributed by atoms with Gasteiger partial charge in [0.25, 0.3) is 5.91 Å².